The molecular weight excluding hydrogens is 340 g/mol. The molecule has 0 fully saturated rings. The maximum absolute atomic E-state index is 12.6. The van der Waals surface area contributed by atoms with Gasteiger partial charge in [0, 0.05) is 30.6 Å². The molecule has 0 radical (unpaired) electrons. The van der Waals surface area contributed by atoms with E-state index in [-0.39, 0.29) is 24.4 Å². The third-order valence-electron chi connectivity index (χ3n) is 5.04. The van der Waals surface area contributed by atoms with Gasteiger partial charge in [-0.15, -0.1) is 12.4 Å². The maximum atomic E-state index is 12.6. The summed E-state index contributed by atoms with van der Waals surface area (Å²) in [6, 6.07) is 4.03. The van der Waals surface area contributed by atoms with E-state index in [0.717, 1.165) is 36.3 Å². The summed E-state index contributed by atoms with van der Waals surface area (Å²) >= 11 is 0. The summed E-state index contributed by atoms with van der Waals surface area (Å²) < 4.78 is 11.6. The van der Waals surface area contributed by atoms with E-state index in [0.29, 0.717) is 19.7 Å². The molecule has 1 aromatic rings. The Morgan fingerprint density at radius 3 is 2.60 bits per heavy atom. The molecule has 1 atom stereocenters. The highest BCUT2D eigenvalue weighted by Gasteiger charge is 2.33. The number of amides is 1. The van der Waals surface area contributed by atoms with Gasteiger partial charge in [0.25, 0.3) is 0 Å². The molecule has 1 heterocycles. The van der Waals surface area contributed by atoms with Crippen molar-refractivity contribution in [2.24, 2.45) is 11.1 Å². The summed E-state index contributed by atoms with van der Waals surface area (Å²) in [4.78, 5) is 12.6. The fourth-order valence-electron chi connectivity index (χ4n) is 3.22. The SMILES string of the molecule is CCOc1cc2c(cc1CNC(=O)C(CC)(CC)CN)OC(C)C2.Cl. The molecule has 2 rings (SSSR count). The van der Waals surface area contributed by atoms with Gasteiger partial charge in [0.2, 0.25) is 5.91 Å². The first-order valence-corrected chi connectivity index (χ1v) is 8.93. The van der Waals surface area contributed by atoms with Gasteiger partial charge in [-0.25, -0.2) is 0 Å². The van der Waals surface area contributed by atoms with Crippen LogP contribution in [0, 0.1) is 5.41 Å². The van der Waals surface area contributed by atoms with Crippen LogP contribution in [0.5, 0.6) is 11.5 Å². The van der Waals surface area contributed by atoms with Gasteiger partial charge >= 0.3 is 0 Å². The van der Waals surface area contributed by atoms with Gasteiger partial charge in [-0.3, -0.25) is 4.79 Å². The van der Waals surface area contributed by atoms with Crippen molar-refractivity contribution in [2.45, 2.75) is 59.6 Å². The second-order valence-electron chi connectivity index (χ2n) is 6.51. The molecule has 25 heavy (non-hydrogen) atoms. The Morgan fingerprint density at radius 2 is 2.04 bits per heavy atom. The predicted molar refractivity (Wildman–Crippen MR) is 103 cm³/mol. The lowest BCUT2D eigenvalue weighted by molar-refractivity contribution is -0.131. The number of ether oxygens (including phenoxy) is 2. The van der Waals surface area contributed by atoms with E-state index in [4.69, 9.17) is 15.2 Å². The van der Waals surface area contributed by atoms with E-state index < -0.39 is 5.41 Å². The molecule has 3 N–H and O–H groups in total. The first-order chi connectivity index (χ1) is 11.5. The predicted octanol–water partition coefficient (Wildman–Crippen LogP) is 3.21. The van der Waals surface area contributed by atoms with Crippen LogP contribution in [-0.4, -0.2) is 25.2 Å². The number of hydrogen-bond acceptors (Lipinski definition) is 4. The summed E-state index contributed by atoms with van der Waals surface area (Å²) in [7, 11) is 0. The molecular formula is C19H31ClN2O3. The minimum absolute atomic E-state index is 0. The van der Waals surface area contributed by atoms with Crippen LogP contribution >= 0.6 is 12.4 Å². The van der Waals surface area contributed by atoms with E-state index in [1.165, 1.54) is 5.56 Å². The smallest absolute Gasteiger partial charge is 0.227 e. The number of fused-ring (bicyclic) bond motifs is 1. The average Bonchev–Trinajstić information content (AvgIpc) is 2.94. The van der Waals surface area contributed by atoms with Crippen LogP contribution in [0.4, 0.5) is 0 Å². The van der Waals surface area contributed by atoms with Gasteiger partial charge in [-0.05, 0) is 38.8 Å². The number of carbonyl (C=O) groups is 1. The molecule has 0 saturated carbocycles. The lowest BCUT2D eigenvalue weighted by Crippen LogP contribution is -2.45. The average molecular weight is 371 g/mol. The number of nitrogens with two attached hydrogens (primary N) is 1. The zero-order valence-electron chi connectivity index (χ0n) is 15.7. The monoisotopic (exact) mass is 370 g/mol. The largest absolute Gasteiger partial charge is 0.494 e. The summed E-state index contributed by atoms with van der Waals surface area (Å²) in [5.41, 5.74) is 7.47. The Bertz CT molecular complexity index is 580. The standard InChI is InChI=1S/C19H30N2O3.ClH/c1-5-19(6-2,12-20)18(22)21-11-15-10-17-14(8-13(4)24-17)9-16(15)23-7-3;/h9-10,13H,5-8,11-12,20H2,1-4H3,(H,21,22);1H. The molecule has 6 heteroatoms. The van der Waals surface area contributed by atoms with Gasteiger partial charge in [0.1, 0.15) is 17.6 Å². The molecule has 1 aliphatic rings. The molecule has 1 amide bonds. The van der Waals surface area contributed by atoms with Crippen molar-refractivity contribution in [2.75, 3.05) is 13.2 Å². The van der Waals surface area contributed by atoms with Crippen LogP contribution in [0.15, 0.2) is 12.1 Å². The van der Waals surface area contributed by atoms with E-state index in [1.807, 2.05) is 32.9 Å². The quantitative estimate of drug-likeness (QED) is 0.736. The van der Waals surface area contributed by atoms with Crippen LogP contribution in [0.1, 0.15) is 51.7 Å². The van der Waals surface area contributed by atoms with Gasteiger partial charge in [0.05, 0.1) is 12.0 Å². The second kappa shape index (κ2) is 9.30. The number of hydrogen-bond donors (Lipinski definition) is 2. The molecule has 142 valence electrons. The molecule has 0 aliphatic carbocycles. The number of halogens is 1. The Labute approximate surface area is 157 Å². The molecule has 0 aromatic heterocycles. The fraction of sp³-hybridized carbons (Fsp3) is 0.632. The highest BCUT2D eigenvalue weighted by atomic mass is 35.5. The van der Waals surface area contributed by atoms with Gasteiger partial charge in [0.15, 0.2) is 0 Å². The Kier molecular flexibility index (Phi) is 8.03. The molecule has 1 aliphatic heterocycles. The third kappa shape index (κ3) is 4.59. The van der Waals surface area contributed by atoms with E-state index in [2.05, 4.69) is 12.2 Å². The second-order valence-corrected chi connectivity index (χ2v) is 6.51. The fourth-order valence-corrected chi connectivity index (χ4v) is 3.22. The van der Waals surface area contributed by atoms with Crippen LogP contribution in [0.2, 0.25) is 0 Å². The Morgan fingerprint density at radius 1 is 1.36 bits per heavy atom. The summed E-state index contributed by atoms with van der Waals surface area (Å²) in [5, 5.41) is 3.04. The first kappa shape index (κ1) is 21.6. The summed E-state index contributed by atoms with van der Waals surface area (Å²) in [6.07, 6.45) is 2.54. The number of nitrogens with one attached hydrogen (secondary N) is 1. The maximum Gasteiger partial charge on any atom is 0.227 e. The van der Waals surface area contributed by atoms with Gasteiger partial charge in [-0.2, -0.15) is 0 Å². The van der Waals surface area contributed by atoms with Crippen LogP contribution in [0.3, 0.4) is 0 Å². The van der Waals surface area contributed by atoms with Gasteiger partial charge < -0.3 is 20.5 Å². The zero-order valence-corrected chi connectivity index (χ0v) is 16.5. The lowest BCUT2D eigenvalue weighted by Gasteiger charge is -2.28. The topological polar surface area (TPSA) is 73.6 Å². The molecule has 0 bridgehead atoms. The van der Waals surface area contributed by atoms with Crippen LogP contribution in [-0.2, 0) is 17.8 Å². The Balaban J connectivity index is 0.00000312. The molecule has 5 nitrogen and oxygen atoms in total. The molecule has 1 unspecified atom stereocenters. The number of benzene rings is 1. The van der Waals surface area contributed by atoms with Gasteiger partial charge in [-0.1, -0.05) is 13.8 Å². The first-order valence-electron chi connectivity index (χ1n) is 8.93. The Hall–Kier alpha value is -1.46. The lowest BCUT2D eigenvalue weighted by atomic mass is 9.81. The minimum atomic E-state index is -0.493. The number of rotatable bonds is 8. The third-order valence-corrected chi connectivity index (χ3v) is 5.04. The van der Waals surface area contributed by atoms with E-state index >= 15 is 0 Å². The van der Waals surface area contributed by atoms with Crippen molar-refractivity contribution < 1.29 is 14.3 Å². The zero-order chi connectivity index (χ0) is 17.7. The van der Waals surface area contributed by atoms with Crippen molar-refractivity contribution in [3.05, 3.63) is 23.3 Å². The molecule has 0 spiro atoms. The van der Waals surface area contributed by atoms with Crippen molar-refractivity contribution in [1.82, 2.24) is 5.32 Å². The highest BCUT2D eigenvalue weighted by Crippen LogP contribution is 2.35. The van der Waals surface area contributed by atoms with Crippen molar-refractivity contribution in [3.8, 4) is 11.5 Å². The van der Waals surface area contributed by atoms with Crippen molar-refractivity contribution in [3.63, 3.8) is 0 Å². The van der Waals surface area contributed by atoms with Crippen molar-refractivity contribution >= 4 is 18.3 Å². The van der Waals surface area contributed by atoms with E-state index in [1.54, 1.807) is 0 Å². The highest BCUT2D eigenvalue weighted by molar-refractivity contribution is 5.85. The summed E-state index contributed by atoms with van der Waals surface area (Å²) in [6.45, 7) is 9.39. The molecule has 1 aromatic carbocycles. The van der Waals surface area contributed by atoms with Crippen molar-refractivity contribution in [1.29, 1.82) is 0 Å². The minimum Gasteiger partial charge on any atom is -0.494 e. The van der Waals surface area contributed by atoms with E-state index in [9.17, 15) is 4.79 Å². The number of carbonyl (C=O) groups excluding carboxylic acids is 1. The van der Waals surface area contributed by atoms with Crippen LogP contribution in [0.25, 0.3) is 0 Å². The molecule has 0 saturated heterocycles. The summed E-state index contributed by atoms with van der Waals surface area (Å²) in [5.74, 6) is 1.72. The normalized spacial score (nSPS) is 15.8. The van der Waals surface area contributed by atoms with Crippen LogP contribution < -0.4 is 20.5 Å².